The predicted molar refractivity (Wildman–Crippen MR) is 274 cm³/mol. The molecule has 2 heterocycles. The molecule has 0 amide bonds. The summed E-state index contributed by atoms with van der Waals surface area (Å²) in [4.78, 5) is 2.37. The molecule has 0 fully saturated rings. The van der Waals surface area contributed by atoms with E-state index in [2.05, 4.69) is 240 Å². The van der Waals surface area contributed by atoms with Crippen LogP contribution < -0.4 is 4.90 Å². The van der Waals surface area contributed by atoms with Gasteiger partial charge in [-0.25, -0.2) is 0 Å². The van der Waals surface area contributed by atoms with Crippen LogP contribution in [0.15, 0.2) is 247 Å². The number of rotatable bonds is 7. The lowest BCUT2D eigenvalue weighted by Crippen LogP contribution is -2.09. The van der Waals surface area contributed by atoms with Gasteiger partial charge in [-0.2, -0.15) is 0 Å². The number of aromatic nitrogens is 1. The molecule has 2 aromatic heterocycles. The Morgan fingerprint density at radius 3 is 1.51 bits per heavy atom. The molecule has 0 aliphatic heterocycles. The first kappa shape index (κ1) is 36.9. The zero-order chi connectivity index (χ0) is 42.8. The minimum Gasteiger partial charge on any atom is -0.455 e. The summed E-state index contributed by atoms with van der Waals surface area (Å²) < 4.78 is 8.85. The number of anilines is 3. The molecule has 3 heteroatoms. The van der Waals surface area contributed by atoms with Crippen LogP contribution in [0.25, 0.3) is 104 Å². The topological polar surface area (TPSA) is 21.3 Å². The van der Waals surface area contributed by atoms with E-state index in [-0.39, 0.29) is 0 Å². The van der Waals surface area contributed by atoms with E-state index >= 15 is 0 Å². The van der Waals surface area contributed by atoms with Gasteiger partial charge in [0.05, 0.1) is 16.7 Å². The number of furan rings is 1. The second kappa shape index (κ2) is 15.0. The normalized spacial score (nSPS) is 11.7. The molecule has 0 saturated heterocycles. The van der Waals surface area contributed by atoms with Gasteiger partial charge in [0.2, 0.25) is 0 Å². The molecule has 0 radical (unpaired) electrons. The van der Waals surface area contributed by atoms with Crippen molar-refractivity contribution in [2.24, 2.45) is 0 Å². The highest BCUT2D eigenvalue weighted by Gasteiger charge is 2.18. The average molecular weight is 829 g/mol. The van der Waals surface area contributed by atoms with Crippen molar-refractivity contribution < 1.29 is 4.42 Å². The summed E-state index contributed by atoms with van der Waals surface area (Å²) in [6.07, 6.45) is 0. The number of benzene rings is 11. The molecule has 0 bridgehead atoms. The lowest BCUT2D eigenvalue weighted by molar-refractivity contribution is 0.670. The Morgan fingerprint density at radius 1 is 0.308 bits per heavy atom. The monoisotopic (exact) mass is 828 g/mol. The van der Waals surface area contributed by atoms with Gasteiger partial charge < -0.3 is 13.9 Å². The molecule has 0 unspecified atom stereocenters. The molecule has 0 spiro atoms. The van der Waals surface area contributed by atoms with Gasteiger partial charge in [0, 0.05) is 49.7 Å². The molecular formula is C62H40N2O. The molecule has 0 saturated carbocycles. The summed E-state index contributed by atoms with van der Waals surface area (Å²) >= 11 is 0. The van der Waals surface area contributed by atoms with Crippen molar-refractivity contribution in [1.29, 1.82) is 0 Å². The molecule has 304 valence electrons. The van der Waals surface area contributed by atoms with Gasteiger partial charge in [-0.15, -0.1) is 0 Å². The van der Waals surface area contributed by atoms with Crippen molar-refractivity contribution in [2.45, 2.75) is 0 Å². The third-order valence-corrected chi connectivity index (χ3v) is 13.2. The van der Waals surface area contributed by atoms with Crippen LogP contribution in [0.5, 0.6) is 0 Å². The Morgan fingerprint density at radius 2 is 0.785 bits per heavy atom. The standard InChI is InChI=1S/C62H40N2O/c1-2-13-50-43(12-1)28-29-46-34-39-49(40-57(46)50)63(48-37-32-45(33-38-48)52-18-11-19-56-55-17-6-10-23-61(55)65-62(52)56)47-35-30-42(31-36-47)41-24-26-44(27-25-41)51-14-3-7-20-58(51)64-59-21-8-4-15-53(59)54-16-5-9-22-60(54)64/h1-40H. The van der Waals surface area contributed by atoms with Gasteiger partial charge in [0.15, 0.2) is 0 Å². The van der Waals surface area contributed by atoms with Gasteiger partial charge >= 0.3 is 0 Å². The van der Waals surface area contributed by atoms with Crippen molar-refractivity contribution in [1.82, 2.24) is 4.57 Å². The zero-order valence-electron chi connectivity index (χ0n) is 35.4. The van der Waals surface area contributed by atoms with Crippen molar-refractivity contribution in [3.8, 4) is 39.1 Å². The molecule has 65 heavy (non-hydrogen) atoms. The van der Waals surface area contributed by atoms with E-state index in [9.17, 15) is 0 Å². The molecule has 0 atom stereocenters. The highest BCUT2D eigenvalue weighted by atomic mass is 16.3. The van der Waals surface area contributed by atoms with Crippen molar-refractivity contribution >= 4 is 82.4 Å². The summed E-state index contributed by atoms with van der Waals surface area (Å²) in [6.45, 7) is 0. The maximum atomic E-state index is 6.44. The van der Waals surface area contributed by atoms with Crippen molar-refractivity contribution in [2.75, 3.05) is 4.90 Å². The minimum absolute atomic E-state index is 0.904. The number of hydrogen-bond acceptors (Lipinski definition) is 2. The van der Waals surface area contributed by atoms with Gasteiger partial charge in [0.1, 0.15) is 11.2 Å². The fourth-order valence-electron chi connectivity index (χ4n) is 10.1. The summed E-state index contributed by atoms with van der Waals surface area (Å²) in [5.41, 5.74) is 15.6. The molecule has 0 N–H and O–H groups in total. The van der Waals surface area contributed by atoms with E-state index in [4.69, 9.17) is 4.42 Å². The molecule has 13 aromatic rings. The second-order valence-electron chi connectivity index (χ2n) is 16.9. The molecule has 0 aliphatic carbocycles. The second-order valence-corrected chi connectivity index (χ2v) is 16.9. The van der Waals surface area contributed by atoms with E-state index in [0.29, 0.717) is 0 Å². The fraction of sp³-hybridized carbons (Fsp3) is 0. The Labute approximate surface area is 376 Å². The molecular weight excluding hydrogens is 789 g/mol. The third-order valence-electron chi connectivity index (χ3n) is 13.2. The number of hydrogen-bond donors (Lipinski definition) is 0. The Hall–Kier alpha value is -8.66. The van der Waals surface area contributed by atoms with Crippen LogP contribution in [-0.2, 0) is 0 Å². The van der Waals surface area contributed by atoms with Gasteiger partial charge in [0.25, 0.3) is 0 Å². The first-order valence-electron chi connectivity index (χ1n) is 22.2. The van der Waals surface area contributed by atoms with E-state index in [0.717, 1.165) is 55.7 Å². The van der Waals surface area contributed by atoms with Crippen molar-refractivity contribution in [3.63, 3.8) is 0 Å². The quantitative estimate of drug-likeness (QED) is 0.149. The molecule has 3 nitrogen and oxygen atoms in total. The van der Waals surface area contributed by atoms with Crippen molar-refractivity contribution in [3.05, 3.63) is 243 Å². The summed E-state index contributed by atoms with van der Waals surface area (Å²) in [6, 6.07) is 87.7. The smallest absolute Gasteiger partial charge is 0.143 e. The van der Waals surface area contributed by atoms with Crippen LogP contribution in [0, 0.1) is 0 Å². The van der Waals surface area contributed by atoms with Crippen LogP contribution in [0.1, 0.15) is 0 Å². The van der Waals surface area contributed by atoms with E-state index < -0.39 is 0 Å². The minimum atomic E-state index is 0.904. The number of fused-ring (bicyclic) bond motifs is 9. The number of para-hydroxylation sites is 5. The first-order chi connectivity index (χ1) is 32.2. The third kappa shape index (κ3) is 6.12. The maximum Gasteiger partial charge on any atom is 0.143 e. The molecule has 11 aromatic carbocycles. The van der Waals surface area contributed by atoms with Gasteiger partial charge in [-0.05, 0) is 104 Å². The highest BCUT2D eigenvalue weighted by molar-refractivity contribution is 6.11. The van der Waals surface area contributed by atoms with Crippen LogP contribution in [0.3, 0.4) is 0 Å². The fourth-order valence-corrected chi connectivity index (χ4v) is 10.1. The Kier molecular flexibility index (Phi) is 8.53. The van der Waals surface area contributed by atoms with Gasteiger partial charge in [-0.1, -0.05) is 182 Å². The lowest BCUT2D eigenvalue weighted by Gasteiger charge is -2.26. The zero-order valence-corrected chi connectivity index (χ0v) is 35.4. The largest absolute Gasteiger partial charge is 0.455 e. The van der Waals surface area contributed by atoms with E-state index in [1.807, 2.05) is 12.1 Å². The van der Waals surface area contributed by atoms with Crippen LogP contribution in [-0.4, -0.2) is 4.57 Å². The molecule has 0 aliphatic rings. The Bertz CT molecular complexity index is 3880. The van der Waals surface area contributed by atoms with E-state index in [1.165, 1.54) is 65.7 Å². The summed E-state index contributed by atoms with van der Waals surface area (Å²) in [5.74, 6) is 0. The summed E-state index contributed by atoms with van der Waals surface area (Å²) in [5, 5.41) is 9.73. The summed E-state index contributed by atoms with van der Waals surface area (Å²) in [7, 11) is 0. The highest BCUT2D eigenvalue weighted by Crippen LogP contribution is 2.42. The van der Waals surface area contributed by atoms with Gasteiger partial charge in [-0.3, -0.25) is 0 Å². The van der Waals surface area contributed by atoms with Crippen LogP contribution in [0.4, 0.5) is 17.1 Å². The SMILES string of the molecule is c1ccc(-n2c3ccccc3c3ccccc32)c(-c2ccc(-c3ccc(N(c4ccc(-c5cccc6c5oc5ccccc56)cc4)c4ccc5ccc6ccccc6c5c4)cc3)cc2)c1. The molecule has 13 rings (SSSR count). The van der Waals surface area contributed by atoms with Crippen LogP contribution >= 0.6 is 0 Å². The average Bonchev–Trinajstić information content (AvgIpc) is 3.93. The lowest BCUT2D eigenvalue weighted by atomic mass is 9.98. The first-order valence-corrected chi connectivity index (χ1v) is 22.2. The Balaban J connectivity index is 0.873. The predicted octanol–water partition coefficient (Wildman–Crippen LogP) is 17.5. The van der Waals surface area contributed by atoms with Crippen LogP contribution in [0.2, 0.25) is 0 Å². The maximum absolute atomic E-state index is 6.44. The van der Waals surface area contributed by atoms with E-state index in [1.54, 1.807) is 0 Å². The number of nitrogens with zero attached hydrogens (tertiary/aromatic N) is 2.